The van der Waals surface area contributed by atoms with Crippen LogP contribution in [0.3, 0.4) is 0 Å². The standard InChI is InChI=1S/C16H12F3IN2O3/c17-9-6-11(16(24)22-25-5-1-4-23)15(13(19)7-9)21-14-3-2-10(20)8-12(14)18/h2-4,6-8,21H,1,5H2,(H,22,24). The molecular weight excluding hydrogens is 452 g/mol. The SMILES string of the molecule is O=CCCONC(=O)c1cc(F)cc(F)c1Nc1ccc(I)cc1F. The van der Waals surface area contributed by atoms with Gasteiger partial charge < -0.3 is 10.1 Å². The zero-order chi connectivity index (χ0) is 18.4. The van der Waals surface area contributed by atoms with Crippen LogP contribution in [-0.2, 0) is 9.63 Å². The normalized spacial score (nSPS) is 10.4. The van der Waals surface area contributed by atoms with Crippen LogP contribution in [0, 0.1) is 21.0 Å². The van der Waals surface area contributed by atoms with Gasteiger partial charge in [0.2, 0.25) is 0 Å². The molecule has 2 aromatic rings. The minimum absolute atomic E-state index is 0.0385. The first kappa shape index (κ1) is 19.2. The summed E-state index contributed by atoms with van der Waals surface area (Å²) >= 11 is 1.91. The summed E-state index contributed by atoms with van der Waals surface area (Å²) in [6.07, 6.45) is 0.622. The van der Waals surface area contributed by atoms with Crippen LogP contribution in [-0.4, -0.2) is 18.8 Å². The Labute approximate surface area is 154 Å². The van der Waals surface area contributed by atoms with Crippen molar-refractivity contribution in [3.05, 3.63) is 56.9 Å². The van der Waals surface area contributed by atoms with Crippen molar-refractivity contribution >= 4 is 46.2 Å². The predicted molar refractivity (Wildman–Crippen MR) is 92.9 cm³/mol. The van der Waals surface area contributed by atoms with Crippen LogP contribution in [0.1, 0.15) is 16.8 Å². The maximum absolute atomic E-state index is 14.1. The van der Waals surface area contributed by atoms with Gasteiger partial charge in [-0.2, -0.15) is 0 Å². The highest BCUT2D eigenvalue weighted by Crippen LogP contribution is 2.28. The second-order valence-electron chi connectivity index (χ2n) is 4.79. The van der Waals surface area contributed by atoms with Crippen molar-refractivity contribution < 1.29 is 27.6 Å². The lowest BCUT2D eigenvalue weighted by atomic mass is 10.1. The third-order valence-corrected chi connectivity index (χ3v) is 3.66. The fourth-order valence-corrected chi connectivity index (χ4v) is 2.34. The van der Waals surface area contributed by atoms with Crippen molar-refractivity contribution in [2.75, 3.05) is 11.9 Å². The zero-order valence-electron chi connectivity index (χ0n) is 12.6. The first-order valence-electron chi connectivity index (χ1n) is 6.99. The van der Waals surface area contributed by atoms with Crippen LogP contribution in [0.5, 0.6) is 0 Å². The highest BCUT2D eigenvalue weighted by Gasteiger charge is 2.19. The Kier molecular flexibility index (Phi) is 6.76. The number of hydrogen-bond donors (Lipinski definition) is 2. The van der Waals surface area contributed by atoms with E-state index >= 15 is 0 Å². The average Bonchev–Trinajstić information content (AvgIpc) is 2.55. The van der Waals surface area contributed by atoms with Gasteiger partial charge >= 0.3 is 0 Å². The van der Waals surface area contributed by atoms with E-state index in [1.165, 1.54) is 12.1 Å². The van der Waals surface area contributed by atoms with Crippen molar-refractivity contribution in [1.82, 2.24) is 5.48 Å². The number of nitrogens with one attached hydrogen (secondary N) is 2. The molecule has 132 valence electrons. The molecule has 0 bridgehead atoms. The number of aldehydes is 1. The highest BCUT2D eigenvalue weighted by atomic mass is 127. The van der Waals surface area contributed by atoms with Crippen molar-refractivity contribution in [2.45, 2.75) is 6.42 Å². The number of amides is 1. The fraction of sp³-hybridized carbons (Fsp3) is 0.125. The second-order valence-corrected chi connectivity index (χ2v) is 6.04. The van der Waals surface area contributed by atoms with Crippen LogP contribution in [0.2, 0.25) is 0 Å². The summed E-state index contributed by atoms with van der Waals surface area (Å²) in [5.41, 5.74) is 1.07. The molecule has 0 spiro atoms. The second kappa shape index (κ2) is 8.81. The molecule has 2 rings (SSSR count). The van der Waals surface area contributed by atoms with E-state index in [2.05, 4.69) is 5.32 Å². The molecule has 1 amide bonds. The van der Waals surface area contributed by atoms with Crippen LogP contribution < -0.4 is 10.8 Å². The molecule has 0 unspecified atom stereocenters. The number of rotatable bonds is 7. The van der Waals surface area contributed by atoms with E-state index in [0.717, 1.165) is 6.07 Å². The van der Waals surface area contributed by atoms with Crippen LogP contribution in [0.15, 0.2) is 30.3 Å². The Morgan fingerprint density at radius 3 is 2.60 bits per heavy atom. The molecule has 0 aliphatic carbocycles. The van der Waals surface area contributed by atoms with E-state index in [9.17, 15) is 22.8 Å². The van der Waals surface area contributed by atoms with Gasteiger partial charge in [-0.15, -0.1) is 0 Å². The van der Waals surface area contributed by atoms with E-state index in [1.807, 2.05) is 28.1 Å². The van der Waals surface area contributed by atoms with Crippen LogP contribution in [0.25, 0.3) is 0 Å². The summed E-state index contributed by atoms with van der Waals surface area (Å²) in [5, 5.41) is 2.45. The highest BCUT2D eigenvalue weighted by molar-refractivity contribution is 14.1. The van der Waals surface area contributed by atoms with E-state index in [-0.39, 0.29) is 18.7 Å². The summed E-state index contributed by atoms with van der Waals surface area (Å²) in [5.74, 6) is -3.66. The van der Waals surface area contributed by atoms with Gasteiger partial charge in [0, 0.05) is 16.1 Å². The number of hydrogen-bond acceptors (Lipinski definition) is 4. The fourth-order valence-electron chi connectivity index (χ4n) is 1.88. The van der Waals surface area contributed by atoms with Gasteiger partial charge in [-0.3, -0.25) is 9.63 Å². The topological polar surface area (TPSA) is 67.4 Å². The van der Waals surface area contributed by atoms with Gasteiger partial charge in [0.25, 0.3) is 5.91 Å². The molecule has 0 saturated heterocycles. The number of hydroxylamine groups is 1. The molecule has 25 heavy (non-hydrogen) atoms. The molecule has 2 aromatic carbocycles. The summed E-state index contributed by atoms with van der Waals surface area (Å²) in [4.78, 5) is 27.0. The van der Waals surface area contributed by atoms with Gasteiger partial charge in [-0.1, -0.05) is 0 Å². The quantitative estimate of drug-likeness (QED) is 0.284. The van der Waals surface area contributed by atoms with Crippen molar-refractivity contribution in [3.63, 3.8) is 0 Å². The molecule has 0 aromatic heterocycles. The molecule has 0 atom stereocenters. The van der Waals surface area contributed by atoms with Crippen molar-refractivity contribution in [2.24, 2.45) is 0 Å². The van der Waals surface area contributed by atoms with Gasteiger partial charge in [0.05, 0.1) is 23.5 Å². The first-order valence-corrected chi connectivity index (χ1v) is 8.07. The Hall–Kier alpha value is -2.14. The van der Waals surface area contributed by atoms with Crippen molar-refractivity contribution in [3.8, 4) is 0 Å². The zero-order valence-corrected chi connectivity index (χ0v) is 14.8. The lowest BCUT2D eigenvalue weighted by Gasteiger charge is -2.14. The lowest BCUT2D eigenvalue weighted by Crippen LogP contribution is -2.25. The monoisotopic (exact) mass is 464 g/mol. The number of carbonyl (C=O) groups excluding carboxylic acids is 2. The molecule has 5 nitrogen and oxygen atoms in total. The number of anilines is 2. The van der Waals surface area contributed by atoms with Crippen LogP contribution >= 0.6 is 22.6 Å². The molecule has 9 heteroatoms. The largest absolute Gasteiger partial charge is 0.350 e. The van der Waals surface area contributed by atoms with Crippen molar-refractivity contribution in [1.29, 1.82) is 0 Å². The Morgan fingerprint density at radius 1 is 1.16 bits per heavy atom. The number of halogens is 4. The summed E-state index contributed by atoms with van der Waals surface area (Å²) in [6.45, 7) is -0.0957. The van der Waals surface area contributed by atoms with Gasteiger partial charge in [-0.05, 0) is 46.9 Å². The number of carbonyl (C=O) groups is 2. The average molecular weight is 464 g/mol. The van der Waals surface area contributed by atoms with Crippen LogP contribution in [0.4, 0.5) is 24.5 Å². The number of benzene rings is 2. The van der Waals surface area contributed by atoms with Gasteiger partial charge in [0.15, 0.2) is 0 Å². The lowest BCUT2D eigenvalue weighted by molar-refractivity contribution is -0.109. The predicted octanol–water partition coefficient (Wildman–Crippen LogP) is 3.70. The molecule has 0 saturated carbocycles. The molecule has 0 radical (unpaired) electrons. The summed E-state index contributed by atoms with van der Waals surface area (Å²) in [6, 6.07) is 5.51. The molecular formula is C16H12F3IN2O3. The summed E-state index contributed by atoms with van der Waals surface area (Å²) in [7, 11) is 0. The minimum Gasteiger partial charge on any atom is -0.350 e. The van der Waals surface area contributed by atoms with Gasteiger partial charge in [0.1, 0.15) is 23.7 Å². The maximum Gasteiger partial charge on any atom is 0.277 e. The molecule has 0 fully saturated rings. The summed E-state index contributed by atoms with van der Waals surface area (Å²) < 4.78 is 42.2. The van der Waals surface area contributed by atoms with E-state index in [0.29, 0.717) is 15.9 Å². The molecule has 2 N–H and O–H groups in total. The van der Waals surface area contributed by atoms with Gasteiger partial charge in [-0.25, -0.2) is 18.7 Å². The van der Waals surface area contributed by atoms with E-state index in [1.54, 1.807) is 6.07 Å². The molecule has 0 heterocycles. The third kappa shape index (κ3) is 5.16. The smallest absolute Gasteiger partial charge is 0.277 e. The molecule has 0 aliphatic heterocycles. The Morgan fingerprint density at radius 2 is 1.92 bits per heavy atom. The molecule has 0 aliphatic rings. The van der Waals surface area contributed by atoms with E-state index in [4.69, 9.17) is 4.84 Å². The van der Waals surface area contributed by atoms with E-state index < -0.39 is 34.6 Å². The third-order valence-electron chi connectivity index (χ3n) is 2.99. The Balaban J connectivity index is 2.30. The maximum atomic E-state index is 14.1. The minimum atomic E-state index is -1.07. The first-order chi connectivity index (χ1) is 11.9. The Bertz CT molecular complexity index is 802.